The van der Waals surface area contributed by atoms with E-state index in [1.54, 1.807) is 11.3 Å². The summed E-state index contributed by atoms with van der Waals surface area (Å²) < 4.78 is 0. The number of amides is 2. The van der Waals surface area contributed by atoms with Gasteiger partial charge >= 0.3 is 0 Å². The summed E-state index contributed by atoms with van der Waals surface area (Å²) in [5, 5.41) is 4.11. The quantitative estimate of drug-likeness (QED) is 0.350. The summed E-state index contributed by atoms with van der Waals surface area (Å²) in [5.74, 6) is -0.0665. The molecule has 174 valence electrons. The molecule has 4 nitrogen and oxygen atoms in total. The van der Waals surface area contributed by atoms with Gasteiger partial charge < -0.3 is 10.2 Å². The lowest BCUT2D eigenvalue weighted by Crippen LogP contribution is -2.29. The fourth-order valence-electron chi connectivity index (χ4n) is 5.36. The second kappa shape index (κ2) is 9.16. The highest BCUT2D eigenvalue weighted by atomic mass is 32.1. The minimum atomic E-state index is -0.219. The number of hydrogen-bond donors (Lipinski definition) is 1. The van der Waals surface area contributed by atoms with Gasteiger partial charge in [-0.1, -0.05) is 66.7 Å². The zero-order valence-electron chi connectivity index (χ0n) is 19.4. The van der Waals surface area contributed by atoms with Gasteiger partial charge in [-0.2, -0.15) is 0 Å². The van der Waals surface area contributed by atoms with Crippen LogP contribution in [0.25, 0.3) is 0 Å². The van der Waals surface area contributed by atoms with Crippen LogP contribution in [0.1, 0.15) is 66.7 Å². The van der Waals surface area contributed by atoms with Crippen molar-refractivity contribution < 1.29 is 9.59 Å². The third kappa shape index (κ3) is 3.96. The van der Waals surface area contributed by atoms with E-state index >= 15 is 0 Å². The Morgan fingerprint density at radius 3 is 2.37 bits per heavy atom. The first kappa shape index (κ1) is 21.8. The van der Waals surface area contributed by atoms with Crippen LogP contribution >= 0.6 is 11.3 Å². The molecule has 3 aromatic carbocycles. The first-order valence-corrected chi connectivity index (χ1v) is 13.0. The molecule has 0 bridgehead atoms. The number of anilines is 1. The van der Waals surface area contributed by atoms with Crippen LogP contribution in [0.3, 0.4) is 0 Å². The Morgan fingerprint density at radius 1 is 0.886 bits per heavy atom. The number of carbonyl (C=O) groups is 2. The van der Waals surface area contributed by atoms with E-state index in [0.29, 0.717) is 12.1 Å². The Morgan fingerprint density at radius 2 is 1.57 bits per heavy atom. The highest BCUT2D eigenvalue weighted by Crippen LogP contribution is 2.49. The molecule has 1 unspecified atom stereocenters. The molecule has 1 atom stereocenters. The number of nitrogens with one attached hydrogen (secondary N) is 1. The predicted octanol–water partition coefficient (Wildman–Crippen LogP) is 6.62. The molecule has 1 aliphatic heterocycles. The fraction of sp³-hybridized carbons (Fsp3) is 0.200. The Bertz CT molecular complexity index is 1390. The summed E-state index contributed by atoms with van der Waals surface area (Å²) in [6.07, 6.45) is 4.29. The Kier molecular flexibility index (Phi) is 5.71. The smallest absolute Gasteiger partial charge is 0.256 e. The number of benzene rings is 3. The molecule has 1 N–H and O–H groups in total. The van der Waals surface area contributed by atoms with Gasteiger partial charge in [0.25, 0.3) is 11.8 Å². The van der Waals surface area contributed by atoms with E-state index in [2.05, 4.69) is 23.5 Å². The van der Waals surface area contributed by atoms with Crippen molar-refractivity contribution in [2.24, 2.45) is 0 Å². The second-order valence-electron chi connectivity index (χ2n) is 9.18. The van der Waals surface area contributed by atoms with Crippen LogP contribution in [0.2, 0.25) is 0 Å². The number of hydrogen-bond acceptors (Lipinski definition) is 3. The van der Waals surface area contributed by atoms with Crippen LogP contribution in [0.4, 0.5) is 5.00 Å². The highest BCUT2D eigenvalue weighted by molar-refractivity contribution is 7.16. The fourth-order valence-corrected chi connectivity index (χ4v) is 6.68. The zero-order valence-corrected chi connectivity index (χ0v) is 20.2. The third-order valence-electron chi connectivity index (χ3n) is 7.00. The van der Waals surface area contributed by atoms with Crippen LogP contribution in [0, 0.1) is 0 Å². The first-order chi connectivity index (χ1) is 17.2. The van der Waals surface area contributed by atoms with Crippen molar-refractivity contribution in [3.05, 3.63) is 123 Å². The normalized spacial score (nSPS) is 16.6. The lowest BCUT2D eigenvalue weighted by Gasteiger charge is -2.28. The lowest BCUT2D eigenvalue weighted by atomic mass is 9.89. The molecule has 0 fully saturated rings. The molecule has 0 spiro atoms. The highest BCUT2D eigenvalue weighted by Gasteiger charge is 2.41. The summed E-state index contributed by atoms with van der Waals surface area (Å²) in [4.78, 5) is 30.2. The van der Waals surface area contributed by atoms with Gasteiger partial charge in [0.2, 0.25) is 0 Å². The molecule has 0 radical (unpaired) electrons. The molecule has 5 heteroatoms. The minimum absolute atomic E-state index is 0.0468. The van der Waals surface area contributed by atoms with Crippen molar-refractivity contribution in [3.63, 3.8) is 0 Å². The van der Waals surface area contributed by atoms with Crippen LogP contribution in [0.15, 0.2) is 84.9 Å². The Labute approximate surface area is 209 Å². The van der Waals surface area contributed by atoms with Gasteiger partial charge in [-0.3, -0.25) is 9.59 Å². The van der Waals surface area contributed by atoms with Crippen LogP contribution in [-0.4, -0.2) is 16.7 Å². The third-order valence-corrected chi connectivity index (χ3v) is 8.23. The summed E-state index contributed by atoms with van der Waals surface area (Å²) in [6, 6.07) is 27.2. The number of thiophene rings is 1. The first-order valence-electron chi connectivity index (χ1n) is 12.2. The second-order valence-corrected chi connectivity index (χ2v) is 10.3. The molecule has 1 aromatic heterocycles. The average Bonchev–Trinajstić information content (AvgIpc) is 3.39. The van der Waals surface area contributed by atoms with E-state index in [4.69, 9.17) is 0 Å². The van der Waals surface area contributed by atoms with Gasteiger partial charge in [0.15, 0.2) is 0 Å². The van der Waals surface area contributed by atoms with Crippen molar-refractivity contribution in [2.75, 3.05) is 5.32 Å². The maximum absolute atomic E-state index is 13.7. The summed E-state index contributed by atoms with van der Waals surface area (Å²) in [6.45, 7) is 0.524. The Hall–Kier alpha value is -3.70. The van der Waals surface area contributed by atoms with Crippen LogP contribution in [0.5, 0.6) is 0 Å². The molecule has 0 saturated heterocycles. The molecule has 35 heavy (non-hydrogen) atoms. The van der Waals surface area contributed by atoms with Gasteiger partial charge in [0.05, 0.1) is 6.04 Å². The van der Waals surface area contributed by atoms with Crippen molar-refractivity contribution in [1.82, 2.24) is 4.90 Å². The largest absolute Gasteiger partial charge is 0.323 e. The molecule has 0 saturated carbocycles. The maximum Gasteiger partial charge on any atom is 0.256 e. The van der Waals surface area contributed by atoms with Crippen LogP contribution < -0.4 is 5.32 Å². The minimum Gasteiger partial charge on any atom is -0.323 e. The van der Waals surface area contributed by atoms with Crippen molar-refractivity contribution >= 4 is 28.2 Å². The van der Waals surface area contributed by atoms with Gasteiger partial charge in [-0.25, -0.2) is 0 Å². The van der Waals surface area contributed by atoms with Crippen LogP contribution in [-0.2, 0) is 19.4 Å². The lowest BCUT2D eigenvalue weighted by molar-refractivity contribution is 0.0736. The van der Waals surface area contributed by atoms with Gasteiger partial charge in [-0.05, 0) is 60.6 Å². The molecule has 2 aliphatic rings. The molecule has 2 amide bonds. The van der Waals surface area contributed by atoms with E-state index in [1.165, 1.54) is 10.4 Å². The average molecular weight is 479 g/mol. The molecular formula is C30H26N2O2S. The monoisotopic (exact) mass is 478 g/mol. The van der Waals surface area contributed by atoms with E-state index in [1.807, 2.05) is 71.6 Å². The van der Waals surface area contributed by atoms with Crippen molar-refractivity contribution in [2.45, 2.75) is 38.3 Å². The SMILES string of the molecule is O=C(Nc1sc2c(c1C1c3ccccc3C(=O)N1Cc1ccccc1)CCCC2)c1ccccc1. The predicted molar refractivity (Wildman–Crippen MR) is 140 cm³/mol. The number of fused-ring (bicyclic) bond motifs is 2. The summed E-state index contributed by atoms with van der Waals surface area (Å²) in [7, 11) is 0. The van der Waals surface area contributed by atoms with E-state index < -0.39 is 0 Å². The molecular weight excluding hydrogens is 452 g/mol. The molecule has 4 aromatic rings. The Balaban J connectivity index is 1.48. The van der Waals surface area contributed by atoms with E-state index in [9.17, 15) is 9.59 Å². The van der Waals surface area contributed by atoms with Crippen molar-refractivity contribution in [3.8, 4) is 0 Å². The van der Waals surface area contributed by atoms with Crippen molar-refractivity contribution in [1.29, 1.82) is 0 Å². The van der Waals surface area contributed by atoms with Gasteiger partial charge in [0, 0.05) is 28.1 Å². The molecule has 1 aliphatic carbocycles. The number of aryl methyl sites for hydroxylation is 1. The van der Waals surface area contributed by atoms with E-state index in [-0.39, 0.29) is 17.9 Å². The molecule has 2 heterocycles. The number of rotatable bonds is 5. The maximum atomic E-state index is 13.7. The van der Waals surface area contributed by atoms with E-state index in [0.717, 1.165) is 52.9 Å². The standard InChI is InChI=1S/C30H26N2O2S/c33-28(21-13-5-2-6-14-21)31-29-26(24-17-9-10-18-25(24)35-29)27-22-15-7-8-16-23(22)30(34)32(27)19-20-11-3-1-4-12-20/h1-8,11-16,27H,9-10,17-19H2,(H,31,33). The van der Waals surface area contributed by atoms with Gasteiger partial charge in [-0.15, -0.1) is 11.3 Å². The summed E-state index contributed by atoms with van der Waals surface area (Å²) in [5.41, 5.74) is 5.92. The number of carbonyl (C=O) groups excluding carboxylic acids is 2. The topological polar surface area (TPSA) is 49.4 Å². The zero-order chi connectivity index (χ0) is 23.8. The number of nitrogens with zero attached hydrogens (tertiary/aromatic N) is 1. The molecule has 6 rings (SSSR count). The van der Waals surface area contributed by atoms with Gasteiger partial charge in [0.1, 0.15) is 5.00 Å². The summed E-state index contributed by atoms with van der Waals surface area (Å²) >= 11 is 1.69.